The first kappa shape index (κ1) is 14.5. The van der Waals surface area contributed by atoms with Crippen LogP contribution in [0.2, 0.25) is 0 Å². The normalized spacial score (nSPS) is 18.2. The van der Waals surface area contributed by atoms with Gasteiger partial charge in [-0.2, -0.15) is 0 Å². The van der Waals surface area contributed by atoms with E-state index < -0.39 is 5.97 Å². The Morgan fingerprint density at radius 1 is 1.50 bits per heavy atom. The predicted octanol–water partition coefficient (Wildman–Crippen LogP) is 2.57. The zero-order valence-corrected chi connectivity index (χ0v) is 11.7. The van der Waals surface area contributed by atoms with E-state index in [-0.39, 0.29) is 11.6 Å². The highest BCUT2D eigenvalue weighted by Gasteiger charge is 2.29. The molecule has 0 aliphatic carbocycles. The average Bonchev–Trinajstić information content (AvgIpc) is 2.92. The van der Waals surface area contributed by atoms with E-state index in [1.54, 1.807) is 6.07 Å². The van der Waals surface area contributed by atoms with Crippen LogP contribution in [0, 0.1) is 0 Å². The number of carbonyl (C=O) groups excluding carboxylic acids is 1. The molecule has 2 heterocycles. The van der Waals surface area contributed by atoms with Crippen molar-refractivity contribution in [3.63, 3.8) is 0 Å². The third-order valence-electron chi connectivity index (χ3n) is 3.75. The van der Waals surface area contributed by atoms with Crippen molar-refractivity contribution in [3.05, 3.63) is 29.6 Å². The summed E-state index contributed by atoms with van der Waals surface area (Å²) in [6.45, 7) is 2.90. The molecule has 20 heavy (non-hydrogen) atoms. The summed E-state index contributed by atoms with van der Waals surface area (Å²) in [7, 11) is 0. The van der Waals surface area contributed by atoms with Gasteiger partial charge in [-0.15, -0.1) is 0 Å². The van der Waals surface area contributed by atoms with Crippen molar-refractivity contribution in [1.82, 2.24) is 9.88 Å². The molecule has 0 bridgehead atoms. The zero-order valence-electron chi connectivity index (χ0n) is 11.7. The number of amides is 1. The van der Waals surface area contributed by atoms with Gasteiger partial charge in [-0.1, -0.05) is 19.8 Å². The Labute approximate surface area is 118 Å². The predicted molar refractivity (Wildman–Crippen MR) is 74.8 cm³/mol. The van der Waals surface area contributed by atoms with E-state index in [0.29, 0.717) is 11.6 Å². The number of carbonyl (C=O) groups is 2. The number of nitrogens with zero attached hydrogens (tertiary/aromatic N) is 2. The van der Waals surface area contributed by atoms with Gasteiger partial charge >= 0.3 is 5.97 Å². The van der Waals surface area contributed by atoms with Gasteiger partial charge in [0, 0.05) is 24.3 Å². The summed E-state index contributed by atoms with van der Waals surface area (Å²) in [5.74, 6) is -1.18. The summed E-state index contributed by atoms with van der Waals surface area (Å²) < 4.78 is 0. The van der Waals surface area contributed by atoms with Gasteiger partial charge in [0.05, 0.1) is 0 Å². The maximum Gasteiger partial charge on any atom is 0.354 e. The fourth-order valence-electron chi connectivity index (χ4n) is 2.69. The third kappa shape index (κ3) is 3.15. The van der Waals surface area contributed by atoms with Crippen molar-refractivity contribution in [1.29, 1.82) is 0 Å². The van der Waals surface area contributed by atoms with E-state index in [1.807, 2.05) is 4.90 Å². The van der Waals surface area contributed by atoms with Gasteiger partial charge in [-0.3, -0.25) is 4.79 Å². The smallest absolute Gasteiger partial charge is 0.354 e. The van der Waals surface area contributed by atoms with Gasteiger partial charge in [0.1, 0.15) is 5.69 Å². The van der Waals surface area contributed by atoms with Gasteiger partial charge in [-0.25, -0.2) is 9.78 Å². The molecule has 0 radical (unpaired) electrons. The SMILES string of the molecule is CCCCC1CCCN1C(=O)c1ccnc(C(=O)O)c1. The Bertz CT molecular complexity index is 502. The molecule has 2 rings (SSSR count). The maximum atomic E-state index is 12.5. The summed E-state index contributed by atoms with van der Waals surface area (Å²) in [5, 5.41) is 8.94. The van der Waals surface area contributed by atoms with Crippen LogP contribution in [0.5, 0.6) is 0 Å². The number of carboxylic acid groups (broad SMARTS) is 1. The topological polar surface area (TPSA) is 70.5 Å². The third-order valence-corrected chi connectivity index (χ3v) is 3.75. The number of likely N-dealkylation sites (tertiary alicyclic amines) is 1. The number of aromatic nitrogens is 1. The second-order valence-electron chi connectivity index (χ2n) is 5.17. The molecule has 1 N–H and O–H groups in total. The number of unbranched alkanes of at least 4 members (excludes halogenated alkanes) is 1. The minimum atomic E-state index is -1.11. The largest absolute Gasteiger partial charge is 0.477 e. The van der Waals surface area contributed by atoms with Crippen LogP contribution in [0.1, 0.15) is 59.9 Å². The fraction of sp³-hybridized carbons (Fsp3) is 0.533. The lowest BCUT2D eigenvalue weighted by atomic mass is 10.1. The molecule has 1 fully saturated rings. The number of hydrogen-bond donors (Lipinski definition) is 1. The summed E-state index contributed by atoms with van der Waals surface area (Å²) in [5.41, 5.74) is 0.334. The highest BCUT2D eigenvalue weighted by atomic mass is 16.4. The number of carboxylic acids is 1. The van der Waals surface area contributed by atoms with Gasteiger partial charge in [-0.05, 0) is 31.4 Å². The number of rotatable bonds is 5. The molecular weight excluding hydrogens is 256 g/mol. The van der Waals surface area contributed by atoms with Gasteiger partial charge in [0.2, 0.25) is 0 Å². The van der Waals surface area contributed by atoms with Crippen LogP contribution in [0.4, 0.5) is 0 Å². The van der Waals surface area contributed by atoms with Crippen LogP contribution in [0.25, 0.3) is 0 Å². The van der Waals surface area contributed by atoms with Crippen molar-refractivity contribution in [3.8, 4) is 0 Å². The molecule has 5 nitrogen and oxygen atoms in total. The van der Waals surface area contributed by atoms with E-state index in [2.05, 4.69) is 11.9 Å². The van der Waals surface area contributed by atoms with Gasteiger partial charge in [0.15, 0.2) is 0 Å². The van der Waals surface area contributed by atoms with Crippen molar-refractivity contribution in [2.75, 3.05) is 6.54 Å². The molecule has 0 saturated carbocycles. The minimum absolute atomic E-state index is 0.0755. The first-order chi connectivity index (χ1) is 9.63. The Kier molecular flexibility index (Phi) is 4.71. The van der Waals surface area contributed by atoms with Crippen molar-refractivity contribution in [2.45, 2.75) is 45.1 Å². The van der Waals surface area contributed by atoms with Crippen LogP contribution in [0.3, 0.4) is 0 Å². The Balaban J connectivity index is 2.13. The number of hydrogen-bond acceptors (Lipinski definition) is 3. The molecule has 0 spiro atoms. The van der Waals surface area contributed by atoms with Crippen LogP contribution in [-0.2, 0) is 0 Å². The monoisotopic (exact) mass is 276 g/mol. The molecule has 1 aliphatic rings. The van der Waals surface area contributed by atoms with Crippen molar-refractivity contribution < 1.29 is 14.7 Å². The quantitative estimate of drug-likeness (QED) is 0.897. The molecule has 1 atom stereocenters. The molecule has 1 unspecified atom stereocenters. The van der Waals surface area contributed by atoms with Gasteiger partial charge in [0.25, 0.3) is 5.91 Å². The van der Waals surface area contributed by atoms with E-state index in [1.165, 1.54) is 12.3 Å². The Hall–Kier alpha value is -1.91. The van der Waals surface area contributed by atoms with Crippen LogP contribution in [0.15, 0.2) is 18.3 Å². The summed E-state index contributed by atoms with van der Waals surface area (Å²) in [4.78, 5) is 29.0. The van der Waals surface area contributed by atoms with E-state index >= 15 is 0 Å². The molecule has 1 amide bonds. The maximum absolute atomic E-state index is 12.5. The molecular formula is C15H20N2O3. The second-order valence-corrected chi connectivity index (χ2v) is 5.17. The second kappa shape index (κ2) is 6.50. The highest BCUT2D eigenvalue weighted by Crippen LogP contribution is 2.24. The van der Waals surface area contributed by atoms with Crippen molar-refractivity contribution in [2.24, 2.45) is 0 Å². The molecule has 5 heteroatoms. The van der Waals surface area contributed by atoms with E-state index in [9.17, 15) is 9.59 Å². The summed E-state index contributed by atoms with van der Waals surface area (Å²) in [6.07, 6.45) is 6.72. The van der Waals surface area contributed by atoms with Crippen molar-refractivity contribution >= 4 is 11.9 Å². The summed E-state index contributed by atoms with van der Waals surface area (Å²) in [6, 6.07) is 3.24. The molecule has 1 aliphatic heterocycles. The van der Waals surface area contributed by atoms with Crippen LogP contribution in [-0.4, -0.2) is 39.5 Å². The molecule has 1 aromatic rings. The molecule has 1 aromatic heterocycles. The van der Waals surface area contributed by atoms with Crippen LogP contribution >= 0.6 is 0 Å². The summed E-state index contributed by atoms with van der Waals surface area (Å²) >= 11 is 0. The Morgan fingerprint density at radius 2 is 2.30 bits per heavy atom. The van der Waals surface area contributed by atoms with E-state index in [4.69, 9.17) is 5.11 Å². The lowest BCUT2D eigenvalue weighted by molar-refractivity contribution is 0.0690. The standard InChI is InChI=1S/C15H20N2O3/c1-2-3-5-12-6-4-9-17(12)14(18)11-7-8-16-13(10-11)15(19)20/h7-8,10,12H,2-6,9H2,1H3,(H,19,20). The number of pyridine rings is 1. The number of aromatic carboxylic acids is 1. The lowest BCUT2D eigenvalue weighted by Gasteiger charge is -2.24. The van der Waals surface area contributed by atoms with Gasteiger partial charge < -0.3 is 10.0 Å². The van der Waals surface area contributed by atoms with Crippen LogP contribution < -0.4 is 0 Å². The highest BCUT2D eigenvalue weighted by molar-refractivity contribution is 5.96. The average molecular weight is 276 g/mol. The van der Waals surface area contributed by atoms with E-state index in [0.717, 1.165) is 38.6 Å². The molecule has 1 saturated heterocycles. The molecule has 0 aromatic carbocycles. The minimum Gasteiger partial charge on any atom is -0.477 e. The lowest BCUT2D eigenvalue weighted by Crippen LogP contribution is -2.35. The first-order valence-electron chi connectivity index (χ1n) is 7.13. The first-order valence-corrected chi connectivity index (χ1v) is 7.13. The Morgan fingerprint density at radius 3 is 3.00 bits per heavy atom. The zero-order chi connectivity index (χ0) is 14.5. The molecule has 108 valence electrons. The fourth-order valence-corrected chi connectivity index (χ4v) is 2.69.